The Hall–Kier alpha value is -1.39. The second-order valence-electron chi connectivity index (χ2n) is 5.27. The molecule has 0 spiro atoms. The highest BCUT2D eigenvalue weighted by atomic mass is 19.1. The van der Waals surface area contributed by atoms with Crippen molar-refractivity contribution in [2.75, 3.05) is 32.7 Å². The zero-order valence-electron chi connectivity index (χ0n) is 11.3. The van der Waals surface area contributed by atoms with Gasteiger partial charge in [0.15, 0.2) is 0 Å². The number of hydrogen-bond donors (Lipinski definition) is 1. The Labute approximate surface area is 113 Å². The Balaban J connectivity index is 1.75. The average Bonchev–Trinajstić information content (AvgIpc) is 2.78. The molecule has 102 valence electrons. The van der Waals surface area contributed by atoms with E-state index in [2.05, 4.69) is 10.2 Å². The van der Waals surface area contributed by atoms with Crippen molar-refractivity contribution in [1.29, 1.82) is 0 Å². The van der Waals surface area contributed by atoms with Crippen LogP contribution in [0.1, 0.15) is 5.56 Å². The van der Waals surface area contributed by atoms with Crippen LogP contribution in [-0.2, 0) is 13.5 Å². The standard InChI is InChI=1S/C15H20FN3/c1-18-6-2-13-10-14(16)12(11-15(13)18)3-7-19-8-4-17-5-9-19/h2,6,10-11,17H,3-5,7-9H2,1H3. The number of rotatable bonds is 3. The van der Waals surface area contributed by atoms with Gasteiger partial charge in [-0.25, -0.2) is 4.39 Å². The van der Waals surface area contributed by atoms with E-state index >= 15 is 0 Å². The average molecular weight is 261 g/mol. The molecule has 1 aliphatic rings. The monoisotopic (exact) mass is 261 g/mol. The molecule has 0 atom stereocenters. The number of hydrogen-bond acceptors (Lipinski definition) is 2. The molecule has 1 fully saturated rings. The van der Waals surface area contributed by atoms with E-state index in [1.807, 2.05) is 29.9 Å². The summed E-state index contributed by atoms with van der Waals surface area (Å²) in [4.78, 5) is 2.39. The van der Waals surface area contributed by atoms with Crippen molar-refractivity contribution in [2.24, 2.45) is 7.05 Å². The van der Waals surface area contributed by atoms with Crippen molar-refractivity contribution in [1.82, 2.24) is 14.8 Å². The van der Waals surface area contributed by atoms with E-state index in [9.17, 15) is 4.39 Å². The molecule has 0 bridgehead atoms. The van der Waals surface area contributed by atoms with Gasteiger partial charge in [-0.3, -0.25) is 0 Å². The Morgan fingerprint density at radius 2 is 2.05 bits per heavy atom. The van der Waals surface area contributed by atoms with Crippen LogP contribution in [0.5, 0.6) is 0 Å². The first-order chi connectivity index (χ1) is 9.24. The summed E-state index contributed by atoms with van der Waals surface area (Å²) in [6, 6.07) is 5.60. The van der Waals surface area contributed by atoms with Crippen molar-refractivity contribution < 1.29 is 4.39 Å². The highest BCUT2D eigenvalue weighted by Crippen LogP contribution is 2.20. The van der Waals surface area contributed by atoms with Gasteiger partial charge in [-0.2, -0.15) is 0 Å². The summed E-state index contributed by atoms with van der Waals surface area (Å²) in [6.07, 6.45) is 2.76. The van der Waals surface area contributed by atoms with E-state index in [1.54, 1.807) is 6.07 Å². The van der Waals surface area contributed by atoms with Gasteiger partial charge in [-0.1, -0.05) is 0 Å². The molecule has 1 N–H and O–H groups in total. The predicted molar refractivity (Wildman–Crippen MR) is 75.9 cm³/mol. The van der Waals surface area contributed by atoms with E-state index in [0.29, 0.717) is 0 Å². The fraction of sp³-hybridized carbons (Fsp3) is 0.467. The summed E-state index contributed by atoms with van der Waals surface area (Å²) in [6.45, 7) is 5.15. The number of piperazine rings is 1. The van der Waals surface area contributed by atoms with Crippen LogP contribution in [-0.4, -0.2) is 42.2 Å². The molecule has 2 aromatic rings. The van der Waals surface area contributed by atoms with Crippen molar-refractivity contribution in [3.8, 4) is 0 Å². The predicted octanol–water partition coefficient (Wildman–Crippen LogP) is 1.77. The second-order valence-corrected chi connectivity index (χ2v) is 5.27. The van der Waals surface area contributed by atoms with Crippen molar-refractivity contribution in [3.63, 3.8) is 0 Å². The number of aryl methyl sites for hydroxylation is 1. The smallest absolute Gasteiger partial charge is 0.127 e. The fourth-order valence-electron chi connectivity index (χ4n) is 2.74. The lowest BCUT2D eigenvalue weighted by Crippen LogP contribution is -2.44. The summed E-state index contributed by atoms with van der Waals surface area (Å²) >= 11 is 0. The summed E-state index contributed by atoms with van der Waals surface area (Å²) < 4.78 is 16.1. The molecule has 3 rings (SSSR count). The molecular formula is C15H20FN3. The number of halogens is 1. The van der Waals surface area contributed by atoms with Gasteiger partial charge in [-0.05, 0) is 30.2 Å². The summed E-state index contributed by atoms with van der Waals surface area (Å²) in [5.41, 5.74) is 1.93. The van der Waals surface area contributed by atoms with Gasteiger partial charge in [0.25, 0.3) is 0 Å². The molecule has 1 aliphatic heterocycles. The van der Waals surface area contributed by atoms with Crippen LogP contribution in [0.25, 0.3) is 10.9 Å². The summed E-state index contributed by atoms with van der Waals surface area (Å²) in [5, 5.41) is 4.31. The van der Waals surface area contributed by atoms with Crippen LogP contribution < -0.4 is 5.32 Å². The van der Waals surface area contributed by atoms with Crippen LogP contribution in [0.2, 0.25) is 0 Å². The molecule has 2 heterocycles. The van der Waals surface area contributed by atoms with E-state index in [0.717, 1.165) is 55.6 Å². The molecule has 3 nitrogen and oxygen atoms in total. The largest absolute Gasteiger partial charge is 0.351 e. The molecule has 19 heavy (non-hydrogen) atoms. The third-order valence-corrected chi connectivity index (χ3v) is 3.96. The van der Waals surface area contributed by atoms with Crippen LogP contribution in [0.15, 0.2) is 24.4 Å². The number of aromatic nitrogens is 1. The fourth-order valence-corrected chi connectivity index (χ4v) is 2.74. The molecule has 1 aromatic heterocycles. The third kappa shape index (κ3) is 2.65. The second kappa shape index (κ2) is 5.31. The molecule has 0 radical (unpaired) electrons. The van der Waals surface area contributed by atoms with Gasteiger partial charge in [-0.15, -0.1) is 0 Å². The maximum absolute atomic E-state index is 14.0. The van der Waals surface area contributed by atoms with E-state index in [1.165, 1.54) is 0 Å². The van der Waals surface area contributed by atoms with Gasteiger partial charge in [0.05, 0.1) is 0 Å². The Morgan fingerprint density at radius 3 is 2.84 bits per heavy atom. The molecule has 0 aliphatic carbocycles. The number of benzene rings is 1. The van der Waals surface area contributed by atoms with Gasteiger partial charge >= 0.3 is 0 Å². The number of fused-ring (bicyclic) bond motifs is 1. The van der Waals surface area contributed by atoms with Crippen LogP contribution in [0.3, 0.4) is 0 Å². The van der Waals surface area contributed by atoms with E-state index in [-0.39, 0.29) is 5.82 Å². The minimum atomic E-state index is -0.0752. The molecule has 0 saturated carbocycles. The highest BCUT2D eigenvalue weighted by Gasteiger charge is 2.12. The van der Waals surface area contributed by atoms with Gasteiger partial charge in [0.1, 0.15) is 5.82 Å². The lowest BCUT2D eigenvalue weighted by molar-refractivity contribution is 0.243. The number of nitrogens with one attached hydrogen (secondary N) is 1. The Morgan fingerprint density at radius 1 is 1.26 bits per heavy atom. The van der Waals surface area contributed by atoms with Gasteiger partial charge < -0.3 is 14.8 Å². The minimum absolute atomic E-state index is 0.0752. The molecular weight excluding hydrogens is 241 g/mol. The van der Waals surface area contributed by atoms with E-state index < -0.39 is 0 Å². The molecule has 1 saturated heterocycles. The van der Waals surface area contributed by atoms with Crippen molar-refractivity contribution in [3.05, 3.63) is 35.8 Å². The topological polar surface area (TPSA) is 20.2 Å². The molecule has 0 amide bonds. The Bertz CT molecular complexity index is 570. The van der Waals surface area contributed by atoms with Gasteiger partial charge in [0.2, 0.25) is 0 Å². The van der Waals surface area contributed by atoms with Crippen LogP contribution >= 0.6 is 0 Å². The molecule has 1 aromatic carbocycles. The lowest BCUT2D eigenvalue weighted by atomic mass is 10.1. The molecule has 0 unspecified atom stereocenters. The lowest BCUT2D eigenvalue weighted by Gasteiger charge is -2.27. The van der Waals surface area contributed by atoms with Crippen molar-refractivity contribution in [2.45, 2.75) is 6.42 Å². The summed E-state index contributed by atoms with van der Waals surface area (Å²) in [7, 11) is 2.00. The first kappa shape index (κ1) is 12.6. The van der Waals surface area contributed by atoms with Gasteiger partial charge in [0, 0.05) is 56.9 Å². The normalized spacial score (nSPS) is 17.2. The summed E-state index contributed by atoms with van der Waals surface area (Å²) in [5.74, 6) is -0.0752. The van der Waals surface area contributed by atoms with Crippen LogP contribution in [0.4, 0.5) is 4.39 Å². The molecule has 4 heteroatoms. The SMILES string of the molecule is Cn1ccc2cc(F)c(CCN3CCNCC3)cc21. The third-order valence-electron chi connectivity index (χ3n) is 3.96. The zero-order valence-corrected chi connectivity index (χ0v) is 11.3. The van der Waals surface area contributed by atoms with Crippen molar-refractivity contribution >= 4 is 10.9 Å². The van der Waals surface area contributed by atoms with E-state index in [4.69, 9.17) is 0 Å². The minimum Gasteiger partial charge on any atom is -0.351 e. The maximum atomic E-state index is 14.0. The first-order valence-electron chi connectivity index (χ1n) is 6.90. The quantitative estimate of drug-likeness (QED) is 0.908. The first-order valence-corrected chi connectivity index (χ1v) is 6.90. The van der Waals surface area contributed by atoms with Crippen LogP contribution in [0, 0.1) is 5.82 Å². The maximum Gasteiger partial charge on any atom is 0.127 e. The number of nitrogens with zero attached hydrogens (tertiary/aromatic N) is 2. The zero-order chi connectivity index (χ0) is 13.2. The highest BCUT2D eigenvalue weighted by molar-refractivity contribution is 5.80. The Kier molecular flexibility index (Phi) is 3.53.